The Labute approximate surface area is 123 Å². The van der Waals surface area contributed by atoms with E-state index in [0.717, 1.165) is 11.1 Å². The average molecular weight is 281 g/mol. The predicted octanol–water partition coefficient (Wildman–Crippen LogP) is 3.73. The van der Waals surface area contributed by atoms with Gasteiger partial charge in [0.2, 0.25) is 0 Å². The molecule has 0 aliphatic heterocycles. The van der Waals surface area contributed by atoms with Gasteiger partial charge in [-0.25, -0.2) is 4.39 Å². The third-order valence-corrected chi connectivity index (χ3v) is 3.82. The normalized spacial score (nSPS) is 13.2. The van der Waals surface area contributed by atoms with Crippen LogP contribution in [-0.2, 0) is 16.6 Å². The first kappa shape index (κ1) is 14.9. The van der Waals surface area contributed by atoms with E-state index >= 15 is 0 Å². The topological polar surface area (TPSA) is 40.9 Å². The lowest BCUT2D eigenvalue weighted by atomic mass is 9.73. The second-order valence-electron chi connectivity index (χ2n) is 5.19. The number of halogens is 1. The summed E-state index contributed by atoms with van der Waals surface area (Å²) in [5.41, 5.74) is 0.983. The molecule has 0 N–H and O–H groups in total. The summed E-state index contributed by atoms with van der Waals surface area (Å²) in [4.78, 5) is 12.2. The maximum Gasteiger partial charge on any atom is 0.154 e. The largest absolute Gasteiger partial charge is 0.298 e. The fraction of sp³-hybridized carbons (Fsp3) is 0.222. The first-order valence-electron chi connectivity index (χ1n) is 6.72. The van der Waals surface area contributed by atoms with E-state index in [1.807, 2.05) is 18.2 Å². The number of hydrogen-bond acceptors (Lipinski definition) is 2. The van der Waals surface area contributed by atoms with Gasteiger partial charge in [0.1, 0.15) is 11.2 Å². The van der Waals surface area contributed by atoms with E-state index < -0.39 is 5.41 Å². The summed E-state index contributed by atoms with van der Waals surface area (Å²) in [6, 6.07) is 15.6. The molecule has 2 nitrogen and oxygen atoms in total. The lowest BCUT2D eigenvalue weighted by Crippen LogP contribution is -2.35. The SMILES string of the molecule is CC(=O)C(C#N)(Cc1ccc(F)cc1C)c1ccccc1. The van der Waals surface area contributed by atoms with Crippen LogP contribution in [0.3, 0.4) is 0 Å². The molecule has 0 aromatic heterocycles. The van der Waals surface area contributed by atoms with E-state index in [-0.39, 0.29) is 18.0 Å². The van der Waals surface area contributed by atoms with Gasteiger partial charge in [0.25, 0.3) is 0 Å². The predicted molar refractivity (Wildman–Crippen MR) is 79.3 cm³/mol. The van der Waals surface area contributed by atoms with E-state index in [0.29, 0.717) is 5.56 Å². The number of hydrogen-bond donors (Lipinski definition) is 0. The Balaban J connectivity index is 2.52. The van der Waals surface area contributed by atoms with Crippen LogP contribution in [0.5, 0.6) is 0 Å². The van der Waals surface area contributed by atoms with Crippen molar-refractivity contribution in [3.63, 3.8) is 0 Å². The monoisotopic (exact) mass is 281 g/mol. The van der Waals surface area contributed by atoms with E-state index in [1.165, 1.54) is 19.1 Å². The number of carbonyl (C=O) groups excluding carboxylic acids is 1. The minimum absolute atomic E-state index is 0.208. The number of carbonyl (C=O) groups is 1. The number of ketones is 1. The number of rotatable bonds is 4. The van der Waals surface area contributed by atoms with Gasteiger partial charge < -0.3 is 0 Å². The maximum absolute atomic E-state index is 13.2. The van der Waals surface area contributed by atoms with Crippen LogP contribution in [0.25, 0.3) is 0 Å². The quantitative estimate of drug-likeness (QED) is 0.856. The van der Waals surface area contributed by atoms with Gasteiger partial charge >= 0.3 is 0 Å². The van der Waals surface area contributed by atoms with Gasteiger partial charge in [-0.3, -0.25) is 4.79 Å². The summed E-state index contributed by atoms with van der Waals surface area (Å²) in [6.07, 6.45) is 0.245. The second kappa shape index (κ2) is 5.88. The maximum atomic E-state index is 13.2. The number of nitriles is 1. The van der Waals surface area contributed by atoms with Crippen molar-refractivity contribution in [2.75, 3.05) is 0 Å². The van der Waals surface area contributed by atoms with Crippen molar-refractivity contribution in [3.05, 3.63) is 71.0 Å². The third-order valence-electron chi connectivity index (χ3n) is 3.82. The summed E-state index contributed by atoms with van der Waals surface area (Å²) in [6.45, 7) is 3.21. The molecule has 0 aliphatic rings. The first-order chi connectivity index (χ1) is 9.99. The molecule has 2 aromatic rings. The number of aryl methyl sites for hydroxylation is 1. The second-order valence-corrected chi connectivity index (χ2v) is 5.19. The van der Waals surface area contributed by atoms with E-state index in [9.17, 15) is 14.4 Å². The molecule has 3 heteroatoms. The van der Waals surface area contributed by atoms with E-state index in [2.05, 4.69) is 6.07 Å². The highest BCUT2D eigenvalue weighted by molar-refractivity contribution is 5.91. The van der Waals surface area contributed by atoms with E-state index in [1.54, 1.807) is 25.1 Å². The molecule has 0 heterocycles. The van der Waals surface area contributed by atoms with Crippen molar-refractivity contribution in [3.8, 4) is 6.07 Å². The van der Waals surface area contributed by atoms with Gasteiger partial charge in [0.15, 0.2) is 5.78 Å². The highest BCUT2D eigenvalue weighted by atomic mass is 19.1. The van der Waals surface area contributed by atoms with Crippen molar-refractivity contribution < 1.29 is 9.18 Å². The molecule has 0 bridgehead atoms. The molecule has 1 unspecified atom stereocenters. The fourth-order valence-corrected chi connectivity index (χ4v) is 2.48. The van der Waals surface area contributed by atoms with E-state index in [4.69, 9.17) is 0 Å². The molecular formula is C18H16FNO. The van der Waals surface area contributed by atoms with Crippen LogP contribution in [-0.4, -0.2) is 5.78 Å². The molecule has 0 fully saturated rings. The minimum Gasteiger partial charge on any atom is -0.298 e. The summed E-state index contributed by atoms with van der Waals surface area (Å²) in [7, 11) is 0. The zero-order chi connectivity index (χ0) is 15.5. The standard InChI is InChI=1S/C18H16FNO/c1-13-10-17(19)9-8-15(13)11-18(12-20,14(2)21)16-6-4-3-5-7-16/h3-10H,11H2,1-2H3. The molecule has 2 rings (SSSR count). The number of nitrogens with zero attached hydrogens (tertiary/aromatic N) is 1. The highest BCUT2D eigenvalue weighted by Gasteiger charge is 2.38. The highest BCUT2D eigenvalue weighted by Crippen LogP contribution is 2.30. The van der Waals surface area contributed by atoms with Crippen LogP contribution in [0.1, 0.15) is 23.6 Å². The smallest absolute Gasteiger partial charge is 0.154 e. The Kier molecular flexibility index (Phi) is 4.18. The molecule has 0 saturated heterocycles. The fourth-order valence-electron chi connectivity index (χ4n) is 2.48. The number of Topliss-reactive ketones (excluding diaryl/α,β-unsaturated/α-hetero) is 1. The summed E-state index contributed by atoms with van der Waals surface area (Å²) in [5, 5.41) is 9.66. The molecular weight excluding hydrogens is 265 g/mol. The zero-order valence-corrected chi connectivity index (χ0v) is 12.1. The van der Waals surface area contributed by atoms with Crippen LogP contribution in [0, 0.1) is 24.1 Å². The molecule has 0 saturated carbocycles. The molecule has 0 radical (unpaired) electrons. The van der Waals surface area contributed by atoms with Gasteiger partial charge in [-0.1, -0.05) is 36.4 Å². The Morgan fingerprint density at radius 2 is 1.90 bits per heavy atom. The summed E-state index contributed by atoms with van der Waals surface area (Å²) >= 11 is 0. The van der Waals surface area contributed by atoms with Crippen LogP contribution >= 0.6 is 0 Å². The molecule has 2 aromatic carbocycles. The Morgan fingerprint density at radius 3 is 2.43 bits per heavy atom. The van der Waals surface area contributed by atoms with Gasteiger partial charge in [-0.15, -0.1) is 0 Å². The molecule has 0 spiro atoms. The molecule has 1 atom stereocenters. The molecule has 0 amide bonds. The van der Waals surface area contributed by atoms with Gasteiger partial charge in [-0.05, 0) is 42.7 Å². The molecule has 0 aliphatic carbocycles. The summed E-state index contributed by atoms with van der Waals surface area (Å²) < 4.78 is 13.2. The van der Waals surface area contributed by atoms with Gasteiger partial charge in [0.05, 0.1) is 6.07 Å². The van der Waals surface area contributed by atoms with Crippen molar-refractivity contribution in [1.29, 1.82) is 5.26 Å². The lowest BCUT2D eigenvalue weighted by Gasteiger charge is -2.25. The molecule has 106 valence electrons. The average Bonchev–Trinajstić information content (AvgIpc) is 2.47. The third kappa shape index (κ3) is 2.85. The van der Waals surface area contributed by atoms with Crippen molar-refractivity contribution in [1.82, 2.24) is 0 Å². The van der Waals surface area contributed by atoms with Crippen LogP contribution in [0.4, 0.5) is 4.39 Å². The van der Waals surface area contributed by atoms with Crippen LogP contribution < -0.4 is 0 Å². The zero-order valence-electron chi connectivity index (χ0n) is 12.1. The Bertz CT molecular complexity index is 703. The van der Waals surface area contributed by atoms with Crippen molar-refractivity contribution >= 4 is 5.78 Å². The van der Waals surface area contributed by atoms with Crippen LogP contribution in [0.15, 0.2) is 48.5 Å². The minimum atomic E-state index is -1.23. The van der Waals surface area contributed by atoms with Crippen LogP contribution in [0.2, 0.25) is 0 Å². The number of benzene rings is 2. The molecule has 21 heavy (non-hydrogen) atoms. The summed E-state index contributed by atoms with van der Waals surface area (Å²) in [5.74, 6) is -0.527. The Morgan fingerprint density at radius 1 is 1.24 bits per heavy atom. The van der Waals surface area contributed by atoms with Crippen molar-refractivity contribution in [2.24, 2.45) is 0 Å². The van der Waals surface area contributed by atoms with Crippen molar-refractivity contribution in [2.45, 2.75) is 25.7 Å². The lowest BCUT2D eigenvalue weighted by molar-refractivity contribution is -0.120. The van der Waals surface area contributed by atoms with Gasteiger partial charge in [-0.2, -0.15) is 5.26 Å². The first-order valence-corrected chi connectivity index (χ1v) is 6.72. The Hall–Kier alpha value is -2.47. The van der Waals surface area contributed by atoms with Gasteiger partial charge in [0, 0.05) is 6.42 Å².